The zero-order valence-electron chi connectivity index (χ0n) is 11.0. The van der Waals surface area contributed by atoms with Crippen molar-refractivity contribution in [3.63, 3.8) is 0 Å². The van der Waals surface area contributed by atoms with E-state index < -0.39 is 20.6 Å². The molecule has 8 heteroatoms. The highest BCUT2D eigenvalue weighted by atomic mass is 32.2. The zero-order valence-corrected chi connectivity index (χ0v) is 11.8. The van der Waals surface area contributed by atoms with E-state index in [0.717, 1.165) is 10.4 Å². The lowest BCUT2D eigenvalue weighted by Crippen LogP contribution is -2.34. The fourth-order valence-electron chi connectivity index (χ4n) is 1.81. The van der Waals surface area contributed by atoms with Gasteiger partial charge in [0.05, 0.1) is 11.5 Å². The normalized spacial score (nSPS) is 11.6. The van der Waals surface area contributed by atoms with Crippen LogP contribution in [0.1, 0.15) is 5.56 Å². The number of hydrogen-bond donors (Lipinski definition) is 1. The molecule has 20 heavy (non-hydrogen) atoms. The van der Waals surface area contributed by atoms with Gasteiger partial charge in [-0.15, -0.1) is 6.58 Å². The minimum atomic E-state index is -4.07. The summed E-state index contributed by atoms with van der Waals surface area (Å²) in [4.78, 5) is 9.93. The lowest BCUT2D eigenvalue weighted by Gasteiger charge is -2.20. The minimum Gasteiger partial charge on any atom is -0.395 e. The van der Waals surface area contributed by atoms with E-state index in [1.807, 2.05) is 0 Å². The van der Waals surface area contributed by atoms with Crippen molar-refractivity contribution in [1.29, 1.82) is 0 Å². The molecule has 0 radical (unpaired) electrons. The molecule has 1 aromatic rings. The average molecular weight is 300 g/mol. The summed E-state index contributed by atoms with van der Waals surface area (Å²) >= 11 is 0. The second kappa shape index (κ2) is 6.60. The molecule has 0 heterocycles. The molecule has 1 aromatic carbocycles. The first-order valence-corrected chi connectivity index (χ1v) is 7.26. The molecule has 7 nitrogen and oxygen atoms in total. The zero-order chi connectivity index (χ0) is 15.3. The van der Waals surface area contributed by atoms with Crippen molar-refractivity contribution in [2.75, 3.05) is 19.7 Å². The van der Waals surface area contributed by atoms with Gasteiger partial charge >= 0.3 is 0 Å². The fraction of sp³-hybridized carbons (Fsp3) is 0.333. The van der Waals surface area contributed by atoms with Gasteiger partial charge in [-0.1, -0.05) is 18.2 Å². The van der Waals surface area contributed by atoms with Crippen molar-refractivity contribution >= 4 is 15.7 Å². The number of aliphatic hydroxyl groups is 1. The van der Waals surface area contributed by atoms with Crippen LogP contribution in [0.2, 0.25) is 0 Å². The Morgan fingerprint density at radius 3 is 2.65 bits per heavy atom. The summed E-state index contributed by atoms with van der Waals surface area (Å²) in [6, 6.07) is 4.06. The van der Waals surface area contributed by atoms with E-state index in [9.17, 15) is 18.5 Å². The Morgan fingerprint density at radius 1 is 1.50 bits per heavy atom. The van der Waals surface area contributed by atoms with Gasteiger partial charge in [-0.2, -0.15) is 4.31 Å². The summed E-state index contributed by atoms with van der Waals surface area (Å²) in [6.07, 6.45) is 1.36. The van der Waals surface area contributed by atoms with Gasteiger partial charge in [0.15, 0.2) is 4.90 Å². The Balaban J connectivity index is 3.47. The van der Waals surface area contributed by atoms with Crippen LogP contribution in [-0.4, -0.2) is 42.4 Å². The molecule has 0 aliphatic heterocycles. The molecule has 0 saturated carbocycles. The molecular formula is C12H16N2O5S. The molecule has 1 N–H and O–H groups in total. The first kappa shape index (κ1) is 16.3. The number of nitro groups is 1. The molecule has 0 aliphatic rings. The molecule has 0 spiro atoms. The molecule has 1 rings (SSSR count). The van der Waals surface area contributed by atoms with Crippen LogP contribution in [-0.2, 0) is 10.0 Å². The van der Waals surface area contributed by atoms with E-state index in [0.29, 0.717) is 0 Å². The summed E-state index contributed by atoms with van der Waals surface area (Å²) in [5.74, 6) is 0. The molecule has 110 valence electrons. The topological polar surface area (TPSA) is 101 Å². The highest BCUT2D eigenvalue weighted by Gasteiger charge is 2.32. The molecular weight excluding hydrogens is 284 g/mol. The lowest BCUT2D eigenvalue weighted by molar-refractivity contribution is -0.387. The summed E-state index contributed by atoms with van der Waals surface area (Å²) in [6.45, 7) is 4.37. The Kier molecular flexibility index (Phi) is 5.37. The number of aliphatic hydroxyl groups excluding tert-OH is 1. The summed E-state index contributed by atoms with van der Waals surface area (Å²) in [5.41, 5.74) is -0.191. The highest BCUT2D eigenvalue weighted by molar-refractivity contribution is 7.89. The Morgan fingerprint density at radius 2 is 2.15 bits per heavy atom. The third-order valence-electron chi connectivity index (χ3n) is 2.67. The molecule has 0 aliphatic carbocycles. The van der Waals surface area contributed by atoms with Gasteiger partial charge in [-0.3, -0.25) is 10.1 Å². The molecule has 0 aromatic heterocycles. The Labute approximate surface area is 117 Å². The first-order valence-electron chi connectivity index (χ1n) is 5.82. The number of nitrogens with zero attached hydrogens (tertiary/aromatic N) is 2. The van der Waals surface area contributed by atoms with Gasteiger partial charge in [0, 0.05) is 19.2 Å². The standard InChI is InChI=1S/C12H16N2O5S/c1-3-7-13(8-9-15)20(18,19)12-10(2)5-4-6-11(12)14(16)17/h3-6,15H,1,7-9H2,2H3. The fourth-order valence-corrected chi connectivity index (χ4v) is 3.57. The van der Waals surface area contributed by atoms with Crippen LogP contribution in [0.3, 0.4) is 0 Å². The molecule has 0 bridgehead atoms. The second-order valence-corrected chi connectivity index (χ2v) is 5.93. The maximum Gasteiger partial charge on any atom is 0.289 e. The van der Waals surface area contributed by atoms with Crippen LogP contribution >= 0.6 is 0 Å². The van der Waals surface area contributed by atoms with Crippen LogP contribution in [0.5, 0.6) is 0 Å². The number of aryl methyl sites for hydroxylation is 1. The van der Waals surface area contributed by atoms with E-state index in [-0.39, 0.29) is 30.2 Å². The number of sulfonamides is 1. The molecule has 0 atom stereocenters. The summed E-state index contributed by atoms with van der Waals surface area (Å²) < 4.78 is 26.0. The van der Waals surface area contributed by atoms with Crippen LogP contribution in [0.15, 0.2) is 35.7 Å². The highest BCUT2D eigenvalue weighted by Crippen LogP contribution is 2.29. The summed E-state index contributed by atoms with van der Waals surface area (Å²) in [7, 11) is -4.07. The van der Waals surface area contributed by atoms with Gasteiger partial charge < -0.3 is 5.11 Å². The van der Waals surface area contributed by atoms with Crippen molar-refractivity contribution in [3.05, 3.63) is 46.5 Å². The second-order valence-electron chi connectivity index (χ2n) is 4.06. The van der Waals surface area contributed by atoms with Crippen molar-refractivity contribution < 1.29 is 18.4 Å². The van der Waals surface area contributed by atoms with E-state index in [1.54, 1.807) is 0 Å². The van der Waals surface area contributed by atoms with Gasteiger partial charge in [0.2, 0.25) is 0 Å². The molecule has 0 unspecified atom stereocenters. The molecule has 0 saturated heterocycles. The third-order valence-corrected chi connectivity index (χ3v) is 4.73. The van der Waals surface area contributed by atoms with E-state index in [1.165, 1.54) is 25.1 Å². The SMILES string of the molecule is C=CCN(CCO)S(=O)(=O)c1c(C)cccc1[N+](=O)[O-]. The van der Waals surface area contributed by atoms with Crippen molar-refractivity contribution in [3.8, 4) is 0 Å². The lowest BCUT2D eigenvalue weighted by atomic mass is 10.2. The maximum atomic E-state index is 12.5. The third kappa shape index (κ3) is 3.21. The monoisotopic (exact) mass is 300 g/mol. The van der Waals surface area contributed by atoms with Crippen LogP contribution in [0, 0.1) is 17.0 Å². The molecule has 0 amide bonds. The predicted octanol–water partition coefficient (Wildman–Crippen LogP) is 1.07. The largest absolute Gasteiger partial charge is 0.395 e. The van der Waals surface area contributed by atoms with Gasteiger partial charge in [0.25, 0.3) is 15.7 Å². The maximum absolute atomic E-state index is 12.5. The van der Waals surface area contributed by atoms with E-state index >= 15 is 0 Å². The van der Waals surface area contributed by atoms with Gasteiger partial charge in [-0.25, -0.2) is 8.42 Å². The first-order chi connectivity index (χ1) is 9.36. The smallest absolute Gasteiger partial charge is 0.289 e. The number of benzene rings is 1. The van der Waals surface area contributed by atoms with Crippen molar-refractivity contribution in [2.24, 2.45) is 0 Å². The van der Waals surface area contributed by atoms with Crippen LogP contribution < -0.4 is 0 Å². The predicted molar refractivity (Wildman–Crippen MR) is 73.9 cm³/mol. The minimum absolute atomic E-state index is 0.0334. The molecule has 0 fully saturated rings. The van der Waals surface area contributed by atoms with Crippen LogP contribution in [0.4, 0.5) is 5.69 Å². The van der Waals surface area contributed by atoms with Crippen molar-refractivity contribution in [2.45, 2.75) is 11.8 Å². The number of hydrogen-bond acceptors (Lipinski definition) is 5. The van der Waals surface area contributed by atoms with E-state index in [2.05, 4.69) is 6.58 Å². The number of rotatable bonds is 7. The quantitative estimate of drug-likeness (QED) is 0.461. The Hall–Kier alpha value is -1.77. The van der Waals surface area contributed by atoms with Gasteiger partial charge in [-0.05, 0) is 12.5 Å². The van der Waals surface area contributed by atoms with Crippen LogP contribution in [0.25, 0.3) is 0 Å². The Bertz CT molecular complexity index is 612. The van der Waals surface area contributed by atoms with Gasteiger partial charge in [0.1, 0.15) is 0 Å². The number of nitro benzene ring substituents is 1. The summed E-state index contributed by atoms with van der Waals surface area (Å²) in [5, 5.41) is 20.0. The van der Waals surface area contributed by atoms with Crippen molar-refractivity contribution in [1.82, 2.24) is 4.31 Å². The average Bonchev–Trinajstić information content (AvgIpc) is 2.37. The van der Waals surface area contributed by atoms with E-state index in [4.69, 9.17) is 5.11 Å².